The van der Waals surface area contributed by atoms with Gasteiger partial charge in [0.25, 0.3) is 0 Å². The molecule has 0 aromatic carbocycles. The van der Waals surface area contributed by atoms with Crippen molar-refractivity contribution >= 4 is 0 Å². The summed E-state index contributed by atoms with van der Waals surface area (Å²) in [4.78, 5) is 0. The fourth-order valence-corrected chi connectivity index (χ4v) is 1.18. The van der Waals surface area contributed by atoms with Gasteiger partial charge in [0.15, 0.2) is 0 Å². The molecule has 0 aliphatic carbocycles. The summed E-state index contributed by atoms with van der Waals surface area (Å²) in [6.07, 6.45) is 11.4. The molecular formula is C10H17N3. The van der Waals surface area contributed by atoms with Crippen LogP contribution in [0.4, 0.5) is 0 Å². The Morgan fingerprint density at radius 1 is 1.46 bits per heavy atom. The van der Waals surface area contributed by atoms with Gasteiger partial charge in [-0.05, 0) is 31.4 Å². The predicted molar refractivity (Wildman–Crippen MR) is 54.3 cm³/mol. The number of nitrogens with two attached hydrogens (primary N) is 1. The highest BCUT2D eigenvalue weighted by atomic mass is 15.2. The Bertz CT molecular complexity index is 263. The highest BCUT2D eigenvalue weighted by Crippen LogP contribution is 2.01. The van der Waals surface area contributed by atoms with Gasteiger partial charge in [0, 0.05) is 13.2 Å². The quantitative estimate of drug-likeness (QED) is 0.691. The lowest BCUT2D eigenvalue weighted by Crippen LogP contribution is -1.95. The van der Waals surface area contributed by atoms with Crippen LogP contribution in [0.25, 0.3) is 0 Å². The minimum atomic E-state index is 0.739. The first kappa shape index (κ1) is 9.99. The average Bonchev–Trinajstić information content (AvgIpc) is 2.51. The van der Waals surface area contributed by atoms with Crippen molar-refractivity contribution in [3.63, 3.8) is 0 Å². The number of aromatic nitrogens is 2. The van der Waals surface area contributed by atoms with E-state index in [9.17, 15) is 0 Å². The zero-order valence-corrected chi connectivity index (χ0v) is 8.11. The zero-order valence-electron chi connectivity index (χ0n) is 8.11. The van der Waals surface area contributed by atoms with Crippen molar-refractivity contribution < 1.29 is 0 Å². The van der Waals surface area contributed by atoms with E-state index >= 15 is 0 Å². The van der Waals surface area contributed by atoms with Crippen molar-refractivity contribution in [3.8, 4) is 0 Å². The molecule has 0 fully saturated rings. The third-order valence-electron chi connectivity index (χ3n) is 1.86. The number of allylic oxidation sites excluding steroid dienone is 1. The first-order chi connectivity index (χ1) is 6.33. The second kappa shape index (κ2) is 5.54. The van der Waals surface area contributed by atoms with E-state index < -0.39 is 0 Å². The molecule has 0 spiro atoms. The fourth-order valence-electron chi connectivity index (χ4n) is 1.18. The minimum Gasteiger partial charge on any atom is -0.330 e. The van der Waals surface area contributed by atoms with Crippen LogP contribution < -0.4 is 5.73 Å². The molecule has 0 atom stereocenters. The van der Waals surface area contributed by atoms with Gasteiger partial charge in [-0.25, -0.2) is 0 Å². The molecule has 1 aromatic rings. The Morgan fingerprint density at radius 2 is 2.23 bits per heavy atom. The number of nitrogens with zero attached hydrogens (tertiary/aromatic N) is 2. The van der Waals surface area contributed by atoms with E-state index in [0.29, 0.717) is 0 Å². The zero-order chi connectivity index (χ0) is 9.52. The van der Waals surface area contributed by atoms with Gasteiger partial charge >= 0.3 is 0 Å². The maximum atomic E-state index is 5.36. The van der Waals surface area contributed by atoms with Crippen molar-refractivity contribution in [2.45, 2.75) is 19.3 Å². The maximum absolute atomic E-state index is 5.36. The fraction of sp³-hybridized carbons (Fsp3) is 0.500. The van der Waals surface area contributed by atoms with E-state index in [-0.39, 0.29) is 0 Å². The Balaban J connectivity index is 2.20. The van der Waals surface area contributed by atoms with E-state index in [0.717, 1.165) is 25.8 Å². The highest BCUT2D eigenvalue weighted by molar-refractivity contribution is 5.04. The van der Waals surface area contributed by atoms with Gasteiger partial charge in [-0.3, -0.25) is 4.68 Å². The Hall–Kier alpha value is -1.09. The third-order valence-corrected chi connectivity index (χ3v) is 1.86. The second-order valence-corrected chi connectivity index (χ2v) is 3.11. The van der Waals surface area contributed by atoms with E-state index in [1.165, 1.54) is 5.56 Å². The molecule has 0 aliphatic rings. The Kier molecular flexibility index (Phi) is 4.26. The summed E-state index contributed by atoms with van der Waals surface area (Å²) in [5, 5.41) is 4.10. The summed E-state index contributed by atoms with van der Waals surface area (Å²) in [6, 6.07) is 0. The summed E-state index contributed by atoms with van der Waals surface area (Å²) in [5.74, 6) is 0. The molecule has 0 saturated heterocycles. The van der Waals surface area contributed by atoms with Gasteiger partial charge in [-0.2, -0.15) is 5.10 Å². The summed E-state index contributed by atoms with van der Waals surface area (Å²) >= 11 is 0. The molecule has 1 heterocycles. The molecule has 0 radical (unpaired) electrons. The lowest BCUT2D eigenvalue weighted by Gasteiger charge is -1.90. The average molecular weight is 179 g/mol. The molecule has 0 bridgehead atoms. The van der Waals surface area contributed by atoms with E-state index in [4.69, 9.17) is 5.73 Å². The van der Waals surface area contributed by atoms with Crippen LogP contribution in [0.2, 0.25) is 0 Å². The molecule has 0 amide bonds. The first-order valence-electron chi connectivity index (χ1n) is 4.65. The molecule has 13 heavy (non-hydrogen) atoms. The molecule has 0 unspecified atom stereocenters. The highest BCUT2D eigenvalue weighted by Gasteiger charge is 1.92. The molecular weight excluding hydrogens is 162 g/mol. The van der Waals surface area contributed by atoms with Crippen LogP contribution in [-0.2, 0) is 13.5 Å². The SMILES string of the molecule is Cn1cc(CC/C=C/CCN)cn1. The summed E-state index contributed by atoms with van der Waals surface area (Å²) in [5.41, 5.74) is 6.65. The molecule has 72 valence electrons. The van der Waals surface area contributed by atoms with E-state index in [1.807, 2.05) is 17.9 Å². The molecule has 1 aromatic heterocycles. The molecule has 3 nitrogen and oxygen atoms in total. The third kappa shape index (κ3) is 3.90. The normalized spacial score (nSPS) is 11.2. The van der Waals surface area contributed by atoms with E-state index in [1.54, 1.807) is 0 Å². The van der Waals surface area contributed by atoms with Crippen LogP contribution in [0.15, 0.2) is 24.5 Å². The van der Waals surface area contributed by atoms with Crippen LogP contribution in [0.3, 0.4) is 0 Å². The number of hydrogen-bond donors (Lipinski definition) is 1. The Morgan fingerprint density at radius 3 is 2.85 bits per heavy atom. The van der Waals surface area contributed by atoms with Crippen molar-refractivity contribution in [2.24, 2.45) is 12.8 Å². The van der Waals surface area contributed by atoms with E-state index in [2.05, 4.69) is 23.4 Å². The Labute approximate surface area is 79.2 Å². The van der Waals surface area contributed by atoms with Crippen molar-refractivity contribution in [1.82, 2.24) is 9.78 Å². The molecule has 2 N–H and O–H groups in total. The standard InChI is InChI=1S/C10H17N3/c1-13-9-10(8-12-13)6-4-2-3-5-7-11/h2-3,8-9H,4-7,11H2,1H3/b3-2+. The van der Waals surface area contributed by atoms with Crippen molar-refractivity contribution in [3.05, 3.63) is 30.1 Å². The first-order valence-corrected chi connectivity index (χ1v) is 4.65. The van der Waals surface area contributed by atoms with Crippen LogP contribution in [-0.4, -0.2) is 16.3 Å². The van der Waals surface area contributed by atoms with Gasteiger partial charge in [0.2, 0.25) is 0 Å². The summed E-state index contributed by atoms with van der Waals surface area (Å²) < 4.78 is 1.83. The van der Waals surface area contributed by atoms with Crippen LogP contribution >= 0.6 is 0 Å². The lowest BCUT2D eigenvalue weighted by molar-refractivity contribution is 0.766. The molecule has 0 aliphatic heterocycles. The minimum absolute atomic E-state index is 0.739. The lowest BCUT2D eigenvalue weighted by atomic mass is 10.2. The number of rotatable bonds is 5. The number of hydrogen-bond acceptors (Lipinski definition) is 2. The van der Waals surface area contributed by atoms with Gasteiger partial charge in [0.1, 0.15) is 0 Å². The predicted octanol–water partition coefficient (Wildman–Crippen LogP) is 1.26. The van der Waals surface area contributed by atoms with Crippen LogP contribution in [0, 0.1) is 0 Å². The maximum Gasteiger partial charge on any atom is 0.0521 e. The number of aryl methyl sites for hydroxylation is 2. The largest absolute Gasteiger partial charge is 0.330 e. The van der Waals surface area contributed by atoms with Crippen LogP contribution in [0.1, 0.15) is 18.4 Å². The second-order valence-electron chi connectivity index (χ2n) is 3.11. The van der Waals surface area contributed by atoms with Crippen LogP contribution in [0.5, 0.6) is 0 Å². The molecule has 1 rings (SSSR count). The van der Waals surface area contributed by atoms with Gasteiger partial charge in [-0.15, -0.1) is 0 Å². The van der Waals surface area contributed by atoms with Gasteiger partial charge < -0.3 is 5.73 Å². The smallest absolute Gasteiger partial charge is 0.0521 e. The topological polar surface area (TPSA) is 43.8 Å². The van der Waals surface area contributed by atoms with Crippen molar-refractivity contribution in [2.75, 3.05) is 6.54 Å². The van der Waals surface area contributed by atoms with Gasteiger partial charge in [-0.1, -0.05) is 12.2 Å². The summed E-state index contributed by atoms with van der Waals surface area (Å²) in [6.45, 7) is 0.739. The monoisotopic (exact) mass is 179 g/mol. The molecule has 0 saturated carbocycles. The van der Waals surface area contributed by atoms with Crippen molar-refractivity contribution in [1.29, 1.82) is 0 Å². The molecule has 3 heteroatoms. The summed E-state index contributed by atoms with van der Waals surface area (Å²) in [7, 11) is 1.94. The van der Waals surface area contributed by atoms with Gasteiger partial charge in [0.05, 0.1) is 6.20 Å².